The molecule has 0 saturated heterocycles. The van der Waals surface area contributed by atoms with Gasteiger partial charge in [0, 0.05) is 12.2 Å². The standard InChI is InChI=1S/C15H18N2O3S/c1-11-14(16)7-4-8-15(11)21(18,19)17-10-12-5-3-6-13(9-12)20-2/h3-9,17H,10,16H2,1-2H3. The van der Waals surface area contributed by atoms with Gasteiger partial charge >= 0.3 is 0 Å². The molecule has 0 heterocycles. The van der Waals surface area contributed by atoms with Gasteiger partial charge in [-0.3, -0.25) is 0 Å². The van der Waals surface area contributed by atoms with Crippen LogP contribution in [0.1, 0.15) is 11.1 Å². The molecule has 6 heteroatoms. The highest BCUT2D eigenvalue weighted by Gasteiger charge is 2.17. The normalized spacial score (nSPS) is 11.3. The van der Waals surface area contributed by atoms with Crippen LogP contribution in [-0.4, -0.2) is 15.5 Å². The van der Waals surface area contributed by atoms with E-state index in [9.17, 15) is 8.42 Å². The van der Waals surface area contributed by atoms with Crippen LogP contribution in [0.15, 0.2) is 47.4 Å². The molecule has 0 aliphatic carbocycles. The van der Waals surface area contributed by atoms with Gasteiger partial charge < -0.3 is 10.5 Å². The molecule has 0 aromatic heterocycles. The maximum atomic E-state index is 12.3. The van der Waals surface area contributed by atoms with Gasteiger partial charge in [0.25, 0.3) is 0 Å². The smallest absolute Gasteiger partial charge is 0.241 e. The van der Waals surface area contributed by atoms with Crippen molar-refractivity contribution in [3.8, 4) is 5.75 Å². The van der Waals surface area contributed by atoms with Crippen LogP contribution in [0.2, 0.25) is 0 Å². The number of ether oxygens (including phenoxy) is 1. The van der Waals surface area contributed by atoms with E-state index in [1.807, 2.05) is 12.1 Å². The molecule has 0 aliphatic rings. The molecule has 0 aliphatic heterocycles. The van der Waals surface area contributed by atoms with Gasteiger partial charge in [0.15, 0.2) is 0 Å². The van der Waals surface area contributed by atoms with Crippen molar-refractivity contribution in [2.45, 2.75) is 18.4 Å². The van der Waals surface area contributed by atoms with Gasteiger partial charge in [-0.1, -0.05) is 18.2 Å². The minimum Gasteiger partial charge on any atom is -0.497 e. The first-order valence-corrected chi connectivity index (χ1v) is 7.90. The molecule has 0 bridgehead atoms. The number of rotatable bonds is 5. The van der Waals surface area contributed by atoms with E-state index in [2.05, 4.69) is 4.72 Å². The molecular weight excluding hydrogens is 288 g/mol. The van der Waals surface area contributed by atoms with Gasteiger partial charge in [0.05, 0.1) is 12.0 Å². The minimum atomic E-state index is -3.60. The highest BCUT2D eigenvalue weighted by molar-refractivity contribution is 7.89. The van der Waals surface area contributed by atoms with Crippen LogP contribution >= 0.6 is 0 Å². The number of nitrogen functional groups attached to an aromatic ring is 1. The number of benzene rings is 2. The number of anilines is 1. The van der Waals surface area contributed by atoms with Crippen molar-refractivity contribution in [2.24, 2.45) is 0 Å². The fourth-order valence-corrected chi connectivity index (χ4v) is 3.25. The van der Waals surface area contributed by atoms with Crippen LogP contribution < -0.4 is 15.2 Å². The first-order valence-electron chi connectivity index (χ1n) is 6.42. The molecule has 2 aromatic rings. The van der Waals surface area contributed by atoms with E-state index < -0.39 is 10.0 Å². The molecule has 5 nitrogen and oxygen atoms in total. The second-order valence-electron chi connectivity index (χ2n) is 4.65. The predicted molar refractivity (Wildman–Crippen MR) is 82.6 cm³/mol. The first-order chi connectivity index (χ1) is 9.94. The summed E-state index contributed by atoms with van der Waals surface area (Å²) in [5, 5.41) is 0. The Morgan fingerprint density at radius 2 is 1.90 bits per heavy atom. The van der Waals surface area contributed by atoms with Gasteiger partial charge in [-0.2, -0.15) is 0 Å². The monoisotopic (exact) mass is 306 g/mol. The van der Waals surface area contributed by atoms with Gasteiger partial charge in [-0.25, -0.2) is 13.1 Å². The molecule has 2 rings (SSSR count). The first kappa shape index (κ1) is 15.3. The van der Waals surface area contributed by atoms with Gasteiger partial charge in [0.1, 0.15) is 5.75 Å². The largest absolute Gasteiger partial charge is 0.497 e. The maximum absolute atomic E-state index is 12.3. The fraction of sp³-hybridized carbons (Fsp3) is 0.200. The molecule has 3 N–H and O–H groups in total. The summed E-state index contributed by atoms with van der Waals surface area (Å²) in [4.78, 5) is 0.199. The van der Waals surface area contributed by atoms with Crippen molar-refractivity contribution in [1.29, 1.82) is 0 Å². The third-order valence-corrected chi connectivity index (χ3v) is 4.76. The van der Waals surface area contributed by atoms with E-state index in [1.54, 1.807) is 44.4 Å². The van der Waals surface area contributed by atoms with Crippen LogP contribution in [-0.2, 0) is 16.6 Å². The third kappa shape index (κ3) is 3.53. The molecule has 0 saturated carbocycles. The van der Waals surface area contributed by atoms with E-state index >= 15 is 0 Å². The Morgan fingerprint density at radius 3 is 2.62 bits per heavy atom. The summed E-state index contributed by atoms with van der Waals surface area (Å²) in [7, 11) is -2.03. The number of sulfonamides is 1. The lowest BCUT2D eigenvalue weighted by Crippen LogP contribution is -2.24. The Balaban J connectivity index is 2.20. The molecule has 21 heavy (non-hydrogen) atoms. The average molecular weight is 306 g/mol. The molecule has 2 aromatic carbocycles. The zero-order valence-electron chi connectivity index (χ0n) is 12.0. The molecule has 112 valence electrons. The number of nitrogens with two attached hydrogens (primary N) is 1. The van der Waals surface area contributed by atoms with E-state index in [0.29, 0.717) is 17.0 Å². The second kappa shape index (κ2) is 6.15. The van der Waals surface area contributed by atoms with Gasteiger partial charge in [0.2, 0.25) is 10.0 Å². The molecule has 0 unspecified atom stereocenters. The highest BCUT2D eigenvalue weighted by Crippen LogP contribution is 2.20. The van der Waals surface area contributed by atoms with E-state index in [0.717, 1.165) is 5.56 Å². The van der Waals surface area contributed by atoms with Crippen molar-refractivity contribution in [3.63, 3.8) is 0 Å². The maximum Gasteiger partial charge on any atom is 0.241 e. The van der Waals surface area contributed by atoms with Crippen molar-refractivity contribution in [3.05, 3.63) is 53.6 Å². The van der Waals surface area contributed by atoms with E-state index in [4.69, 9.17) is 10.5 Å². The van der Waals surface area contributed by atoms with Crippen LogP contribution in [0.25, 0.3) is 0 Å². The third-order valence-electron chi connectivity index (χ3n) is 3.22. The summed E-state index contributed by atoms with van der Waals surface area (Å²) in [5.74, 6) is 0.687. The topological polar surface area (TPSA) is 81.4 Å². The number of hydrogen-bond acceptors (Lipinski definition) is 4. The molecule has 0 radical (unpaired) electrons. The lowest BCUT2D eigenvalue weighted by atomic mass is 10.2. The number of hydrogen-bond donors (Lipinski definition) is 2. The summed E-state index contributed by atoms with van der Waals surface area (Å²) in [6, 6.07) is 12.1. The zero-order valence-corrected chi connectivity index (χ0v) is 12.8. The Morgan fingerprint density at radius 1 is 1.19 bits per heavy atom. The lowest BCUT2D eigenvalue weighted by Gasteiger charge is -2.11. The fourth-order valence-electron chi connectivity index (χ4n) is 1.96. The zero-order chi connectivity index (χ0) is 15.5. The molecule has 0 spiro atoms. The summed E-state index contributed by atoms with van der Waals surface area (Å²) < 4.78 is 32.4. The molecule has 0 atom stereocenters. The van der Waals surface area contributed by atoms with Crippen molar-refractivity contribution in [2.75, 3.05) is 12.8 Å². The predicted octanol–water partition coefficient (Wildman–Crippen LogP) is 2.06. The highest BCUT2D eigenvalue weighted by atomic mass is 32.2. The summed E-state index contributed by atoms with van der Waals surface area (Å²) in [5.41, 5.74) is 7.58. The van der Waals surface area contributed by atoms with Gasteiger partial charge in [-0.05, 0) is 42.3 Å². The second-order valence-corrected chi connectivity index (χ2v) is 6.38. The van der Waals surface area contributed by atoms with Gasteiger partial charge in [-0.15, -0.1) is 0 Å². The summed E-state index contributed by atoms with van der Waals surface area (Å²) in [6.45, 7) is 1.88. The molecule has 0 amide bonds. The number of nitrogens with one attached hydrogen (secondary N) is 1. The molecule has 0 fully saturated rings. The van der Waals surface area contributed by atoms with Crippen LogP contribution in [0.3, 0.4) is 0 Å². The Bertz CT molecular complexity index is 742. The SMILES string of the molecule is COc1cccc(CNS(=O)(=O)c2cccc(N)c2C)c1. The lowest BCUT2D eigenvalue weighted by molar-refractivity contribution is 0.414. The van der Waals surface area contributed by atoms with Crippen molar-refractivity contribution >= 4 is 15.7 Å². The van der Waals surface area contributed by atoms with E-state index in [-0.39, 0.29) is 11.4 Å². The Kier molecular flexibility index (Phi) is 4.50. The van der Waals surface area contributed by atoms with Crippen LogP contribution in [0, 0.1) is 6.92 Å². The molecular formula is C15H18N2O3S. The average Bonchev–Trinajstić information content (AvgIpc) is 2.48. The summed E-state index contributed by atoms with van der Waals surface area (Å²) in [6.07, 6.45) is 0. The Hall–Kier alpha value is -2.05. The van der Waals surface area contributed by atoms with Crippen LogP contribution in [0.5, 0.6) is 5.75 Å². The summed E-state index contributed by atoms with van der Waals surface area (Å²) >= 11 is 0. The quantitative estimate of drug-likeness (QED) is 0.829. The Labute approximate surface area is 124 Å². The van der Waals surface area contributed by atoms with Crippen molar-refractivity contribution < 1.29 is 13.2 Å². The van der Waals surface area contributed by atoms with E-state index in [1.165, 1.54) is 0 Å². The van der Waals surface area contributed by atoms with Crippen molar-refractivity contribution in [1.82, 2.24) is 4.72 Å². The van der Waals surface area contributed by atoms with Crippen LogP contribution in [0.4, 0.5) is 5.69 Å². The number of methoxy groups -OCH3 is 1. The minimum absolute atomic E-state index is 0.188.